The van der Waals surface area contributed by atoms with E-state index in [0.29, 0.717) is 18.7 Å². The summed E-state index contributed by atoms with van der Waals surface area (Å²) in [6.45, 7) is 2.94. The van der Waals surface area contributed by atoms with Gasteiger partial charge in [0.1, 0.15) is 6.07 Å². The highest BCUT2D eigenvalue weighted by Gasteiger charge is 2.33. The molecular weight excluding hydrogens is 204 g/mol. The third-order valence-corrected chi connectivity index (χ3v) is 2.85. The van der Waals surface area contributed by atoms with Gasteiger partial charge in [-0.15, -0.1) is 0 Å². The minimum absolute atomic E-state index is 0.299. The van der Waals surface area contributed by atoms with Gasteiger partial charge >= 0.3 is 5.97 Å². The van der Waals surface area contributed by atoms with E-state index >= 15 is 0 Å². The van der Waals surface area contributed by atoms with E-state index in [1.807, 2.05) is 24.0 Å². The molecule has 1 aromatic carbocycles. The summed E-state index contributed by atoms with van der Waals surface area (Å²) in [4.78, 5) is 12.6. The Hall–Kier alpha value is -2.02. The Kier molecular flexibility index (Phi) is 2.53. The largest absolute Gasteiger partial charge is 0.481 e. The first-order valence-corrected chi connectivity index (χ1v) is 5.10. The van der Waals surface area contributed by atoms with Gasteiger partial charge in [-0.3, -0.25) is 4.79 Å². The van der Waals surface area contributed by atoms with Crippen LogP contribution in [0.5, 0.6) is 0 Å². The molecule has 0 atom stereocenters. The summed E-state index contributed by atoms with van der Waals surface area (Å²) in [6, 6.07) is 7.72. The average molecular weight is 216 g/mol. The van der Waals surface area contributed by atoms with Crippen LogP contribution in [0.4, 0.5) is 5.69 Å². The molecule has 0 radical (unpaired) electrons. The number of aryl methyl sites for hydroxylation is 1. The second-order valence-corrected chi connectivity index (χ2v) is 4.07. The molecule has 4 nitrogen and oxygen atoms in total. The minimum atomic E-state index is -0.762. The molecule has 82 valence electrons. The molecule has 0 aliphatic carbocycles. The topological polar surface area (TPSA) is 64.3 Å². The number of carboxylic acid groups (broad SMARTS) is 1. The first-order valence-electron chi connectivity index (χ1n) is 5.10. The average Bonchev–Trinajstić information content (AvgIpc) is 2.15. The Bertz CT molecular complexity index is 470. The van der Waals surface area contributed by atoms with Gasteiger partial charge in [0.15, 0.2) is 0 Å². The van der Waals surface area contributed by atoms with E-state index in [9.17, 15) is 4.79 Å². The van der Waals surface area contributed by atoms with Crippen LogP contribution in [0, 0.1) is 24.2 Å². The molecule has 1 aliphatic heterocycles. The van der Waals surface area contributed by atoms with E-state index in [0.717, 1.165) is 11.3 Å². The SMILES string of the molecule is Cc1ccc(C#N)c(N2CC(C(=O)O)C2)c1. The predicted molar refractivity (Wildman–Crippen MR) is 59.2 cm³/mol. The van der Waals surface area contributed by atoms with Gasteiger partial charge in [0.05, 0.1) is 17.2 Å². The van der Waals surface area contributed by atoms with E-state index in [2.05, 4.69) is 6.07 Å². The molecule has 0 amide bonds. The molecule has 1 saturated heterocycles. The van der Waals surface area contributed by atoms with Crippen molar-refractivity contribution in [1.29, 1.82) is 5.26 Å². The fourth-order valence-corrected chi connectivity index (χ4v) is 1.83. The Morgan fingerprint density at radius 3 is 2.81 bits per heavy atom. The number of hydrogen-bond donors (Lipinski definition) is 1. The standard InChI is InChI=1S/C12H12N2O2/c1-8-2-3-9(5-13)11(4-8)14-6-10(7-14)12(15)16/h2-4,10H,6-7H2,1H3,(H,15,16). The van der Waals surface area contributed by atoms with Crippen LogP contribution >= 0.6 is 0 Å². The van der Waals surface area contributed by atoms with Crippen LogP contribution in [0.1, 0.15) is 11.1 Å². The normalized spacial score (nSPS) is 15.4. The second-order valence-electron chi connectivity index (χ2n) is 4.07. The molecule has 1 aliphatic rings. The minimum Gasteiger partial charge on any atom is -0.481 e. The van der Waals surface area contributed by atoms with E-state index in [-0.39, 0.29) is 5.92 Å². The van der Waals surface area contributed by atoms with E-state index in [1.54, 1.807) is 6.07 Å². The van der Waals surface area contributed by atoms with E-state index in [4.69, 9.17) is 10.4 Å². The van der Waals surface area contributed by atoms with Crippen molar-refractivity contribution in [2.75, 3.05) is 18.0 Å². The van der Waals surface area contributed by atoms with Gasteiger partial charge in [0.2, 0.25) is 0 Å². The fourth-order valence-electron chi connectivity index (χ4n) is 1.83. The quantitative estimate of drug-likeness (QED) is 0.811. The number of benzene rings is 1. The molecule has 1 fully saturated rings. The van der Waals surface area contributed by atoms with Crippen LogP contribution in [-0.2, 0) is 4.79 Å². The van der Waals surface area contributed by atoms with Crippen LogP contribution in [0.3, 0.4) is 0 Å². The molecule has 16 heavy (non-hydrogen) atoms. The maximum absolute atomic E-state index is 10.7. The number of nitriles is 1. The highest BCUT2D eigenvalue weighted by molar-refractivity contribution is 5.75. The lowest BCUT2D eigenvalue weighted by Crippen LogP contribution is -2.50. The lowest BCUT2D eigenvalue weighted by atomic mass is 9.97. The lowest BCUT2D eigenvalue weighted by molar-refractivity contribution is -0.142. The molecule has 0 bridgehead atoms. The third kappa shape index (κ3) is 1.72. The van der Waals surface area contributed by atoms with Crippen molar-refractivity contribution in [3.05, 3.63) is 29.3 Å². The first-order chi connectivity index (χ1) is 7.61. The zero-order valence-corrected chi connectivity index (χ0v) is 8.97. The van der Waals surface area contributed by atoms with Gasteiger partial charge in [0, 0.05) is 13.1 Å². The van der Waals surface area contributed by atoms with E-state index < -0.39 is 5.97 Å². The lowest BCUT2D eigenvalue weighted by Gasteiger charge is -2.39. The summed E-state index contributed by atoms with van der Waals surface area (Å²) in [7, 11) is 0. The molecular formula is C12H12N2O2. The van der Waals surface area contributed by atoms with Gasteiger partial charge in [-0.25, -0.2) is 0 Å². The summed E-state index contributed by atoms with van der Waals surface area (Å²) in [5.74, 6) is -1.06. The maximum atomic E-state index is 10.7. The Morgan fingerprint density at radius 2 is 2.25 bits per heavy atom. The molecule has 2 rings (SSSR count). The van der Waals surface area contributed by atoms with Crippen molar-refractivity contribution < 1.29 is 9.90 Å². The van der Waals surface area contributed by atoms with Crippen molar-refractivity contribution >= 4 is 11.7 Å². The van der Waals surface area contributed by atoms with Crippen LogP contribution < -0.4 is 4.90 Å². The number of carboxylic acids is 1. The van der Waals surface area contributed by atoms with Gasteiger partial charge in [-0.1, -0.05) is 6.07 Å². The Morgan fingerprint density at radius 1 is 1.56 bits per heavy atom. The monoisotopic (exact) mass is 216 g/mol. The number of anilines is 1. The second kappa shape index (κ2) is 3.86. The molecule has 0 aromatic heterocycles. The third-order valence-electron chi connectivity index (χ3n) is 2.85. The molecule has 0 saturated carbocycles. The Labute approximate surface area is 93.7 Å². The summed E-state index contributed by atoms with van der Waals surface area (Å²) < 4.78 is 0. The van der Waals surface area contributed by atoms with Crippen molar-refractivity contribution in [1.82, 2.24) is 0 Å². The zero-order valence-electron chi connectivity index (χ0n) is 8.97. The summed E-state index contributed by atoms with van der Waals surface area (Å²) in [5, 5.41) is 17.7. The molecule has 0 spiro atoms. The summed E-state index contributed by atoms with van der Waals surface area (Å²) in [5.41, 5.74) is 2.53. The molecule has 4 heteroatoms. The zero-order chi connectivity index (χ0) is 11.7. The number of nitrogens with zero attached hydrogens (tertiary/aromatic N) is 2. The van der Waals surface area contributed by atoms with E-state index in [1.165, 1.54) is 0 Å². The van der Waals surface area contributed by atoms with Crippen molar-refractivity contribution in [3.63, 3.8) is 0 Å². The molecule has 1 aromatic rings. The van der Waals surface area contributed by atoms with Crippen molar-refractivity contribution in [2.45, 2.75) is 6.92 Å². The van der Waals surface area contributed by atoms with Gasteiger partial charge in [-0.2, -0.15) is 5.26 Å². The number of carbonyl (C=O) groups is 1. The molecule has 0 unspecified atom stereocenters. The predicted octanol–water partition coefficient (Wildman–Crippen LogP) is 1.39. The van der Waals surface area contributed by atoms with Crippen molar-refractivity contribution in [2.24, 2.45) is 5.92 Å². The van der Waals surface area contributed by atoms with Crippen LogP contribution in [0.2, 0.25) is 0 Å². The molecule has 1 N–H and O–H groups in total. The summed E-state index contributed by atoms with van der Waals surface area (Å²) in [6.07, 6.45) is 0. The van der Waals surface area contributed by atoms with Gasteiger partial charge < -0.3 is 10.0 Å². The highest BCUT2D eigenvalue weighted by Crippen LogP contribution is 2.28. The summed E-state index contributed by atoms with van der Waals surface area (Å²) >= 11 is 0. The highest BCUT2D eigenvalue weighted by atomic mass is 16.4. The maximum Gasteiger partial charge on any atom is 0.310 e. The van der Waals surface area contributed by atoms with Crippen LogP contribution in [0.15, 0.2) is 18.2 Å². The van der Waals surface area contributed by atoms with Crippen LogP contribution in [0.25, 0.3) is 0 Å². The number of aliphatic carboxylic acids is 1. The fraction of sp³-hybridized carbons (Fsp3) is 0.333. The van der Waals surface area contributed by atoms with Gasteiger partial charge in [-0.05, 0) is 24.6 Å². The van der Waals surface area contributed by atoms with Gasteiger partial charge in [0.25, 0.3) is 0 Å². The number of rotatable bonds is 2. The number of hydrogen-bond acceptors (Lipinski definition) is 3. The van der Waals surface area contributed by atoms with Crippen molar-refractivity contribution in [3.8, 4) is 6.07 Å². The first kappa shape index (κ1) is 10.5. The molecule has 1 heterocycles. The van der Waals surface area contributed by atoms with Crippen LogP contribution in [-0.4, -0.2) is 24.2 Å². The smallest absolute Gasteiger partial charge is 0.310 e. The Balaban J connectivity index is 2.20.